The second-order valence-electron chi connectivity index (χ2n) is 4.61. The fourth-order valence-corrected chi connectivity index (χ4v) is 2.13. The summed E-state index contributed by atoms with van der Waals surface area (Å²) in [6, 6.07) is 5.70. The van der Waals surface area contributed by atoms with Gasteiger partial charge in [0.2, 0.25) is 0 Å². The maximum absolute atomic E-state index is 10.8. The lowest BCUT2D eigenvalue weighted by Crippen LogP contribution is -2.23. The molecule has 0 aliphatic rings. The molecule has 0 amide bonds. The van der Waals surface area contributed by atoms with Crippen molar-refractivity contribution in [2.24, 2.45) is 0 Å². The van der Waals surface area contributed by atoms with Gasteiger partial charge in [0.05, 0.1) is 6.42 Å². The van der Waals surface area contributed by atoms with Crippen LogP contribution in [-0.2, 0) is 16.6 Å². The van der Waals surface area contributed by atoms with Crippen molar-refractivity contribution in [1.82, 2.24) is 0 Å². The second-order valence-corrected chi connectivity index (χ2v) is 5.05. The van der Waals surface area contributed by atoms with E-state index in [2.05, 4.69) is 6.92 Å². The van der Waals surface area contributed by atoms with Gasteiger partial charge in [-0.15, -0.1) is 0 Å². The van der Waals surface area contributed by atoms with Crippen LogP contribution in [0.3, 0.4) is 0 Å². The van der Waals surface area contributed by atoms with E-state index < -0.39 is 5.97 Å². The van der Waals surface area contributed by atoms with Gasteiger partial charge in [-0.05, 0) is 29.7 Å². The summed E-state index contributed by atoms with van der Waals surface area (Å²) in [4.78, 5) is 10.8. The van der Waals surface area contributed by atoms with Gasteiger partial charge >= 0.3 is 5.97 Å². The zero-order valence-corrected chi connectivity index (χ0v) is 10.6. The Bertz CT molecular complexity index is 397. The normalized spacial score (nSPS) is 11.5. The maximum Gasteiger partial charge on any atom is 0.304 e. The highest BCUT2D eigenvalue weighted by Crippen LogP contribution is 2.32. The molecular weight excluding hydrogens is 224 g/mol. The molecule has 1 aromatic rings. The van der Waals surface area contributed by atoms with Gasteiger partial charge in [-0.25, -0.2) is 0 Å². The summed E-state index contributed by atoms with van der Waals surface area (Å²) in [7, 11) is 0. The van der Waals surface area contributed by atoms with Crippen molar-refractivity contribution < 1.29 is 9.90 Å². The van der Waals surface area contributed by atoms with E-state index in [0.29, 0.717) is 5.02 Å². The summed E-state index contributed by atoms with van der Waals surface area (Å²) in [6.07, 6.45) is 0.996. The van der Waals surface area contributed by atoms with Crippen LogP contribution in [0.25, 0.3) is 0 Å². The third kappa shape index (κ3) is 2.99. The van der Waals surface area contributed by atoms with E-state index in [9.17, 15) is 4.79 Å². The number of benzene rings is 1. The number of carboxylic acid groups (broad SMARTS) is 1. The van der Waals surface area contributed by atoms with Crippen LogP contribution in [0.1, 0.15) is 38.3 Å². The standard InChI is InChI=1S/C13H17ClO2/c1-4-9-5-6-10(14)7-11(9)13(2,3)8-12(15)16/h5-7H,4,8H2,1-3H3,(H,15,16). The highest BCUT2D eigenvalue weighted by Gasteiger charge is 2.26. The second kappa shape index (κ2) is 4.88. The molecule has 1 rings (SSSR count). The molecule has 0 atom stereocenters. The zero-order valence-electron chi connectivity index (χ0n) is 9.88. The van der Waals surface area contributed by atoms with Gasteiger partial charge in [0.25, 0.3) is 0 Å². The molecule has 0 saturated heterocycles. The molecule has 0 heterocycles. The molecule has 0 unspecified atom stereocenters. The van der Waals surface area contributed by atoms with Gasteiger partial charge in [-0.3, -0.25) is 4.79 Å². The summed E-state index contributed by atoms with van der Waals surface area (Å²) in [5.41, 5.74) is 1.81. The molecule has 0 aliphatic carbocycles. The highest BCUT2D eigenvalue weighted by atomic mass is 35.5. The van der Waals surface area contributed by atoms with E-state index in [1.807, 2.05) is 32.0 Å². The number of hydrogen-bond acceptors (Lipinski definition) is 1. The number of aryl methyl sites for hydroxylation is 1. The Morgan fingerprint density at radius 1 is 1.44 bits per heavy atom. The van der Waals surface area contributed by atoms with Crippen molar-refractivity contribution in [2.75, 3.05) is 0 Å². The first-order valence-electron chi connectivity index (χ1n) is 5.37. The van der Waals surface area contributed by atoms with Crippen LogP contribution in [0.4, 0.5) is 0 Å². The smallest absolute Gasteiger partial charge is 0.304 e. The van der Waals surface area contributed by atoms with Gasteiger partial charge < -0.3 is 5.11 Å². The fourth-order valence-electron chi connectivity index (χ4n) is 1.96. The van der Waals surface area contributed by atoms with Crippen molar-refractivity contribution >= 4 is 17.6 Å². The third-order valence-electron chi connectivity index (χ3n) is 2.78. The molecule has 0 spiro atoms. The first-order chi connectivity index (χ1) is 7.36. The molecule has 0 bridgehead atoms. The van der Waals surface area contributed by atoms with E-state index in [1.165, 1.54) is 0 Å². The first kappa shape index (κ1) is 13.0. The van der Waals surface area contributed by atoms with Crippen LogP contribution in [0, 0.1) is 0 Å². The lowest BCUT2D eigenvalue weighted by molar-refractivity contribution is -0.138. The number of halogens is 1. The first-order valence-corrected chi connectivity index (χ1v) is 5.75. The Morgan fingerprint density at radius 3 is 2.56 bits per heavy atom. The molecule has 0 aliphatic heterocycles. The van der Waals surface area contributed by atoms with Crippen LogP contribution in [0.2, 0.25) is 5.02 Å². The number of carboxylic acids is 1. The minimum atomic E-state index is -0.785. The van der Waals surface area contributed by atoms with Gasteiger partial charge in [0.1, 0.15) is 0 Å². The molecule has 0 radical (unpaired) electrons. The SMILES string of the molecule is CCc1ccc(Cl)cc1C(C)(C)CC(=O)O. The van der Waals surface area contributed by atoms with E-state index in [-0.39, 0.29) is 11.8 Å². The summed E-state index contributed by atoms with van der Waals surface area (Å²) in [5.74, 6) is -0.785. The molecule has 0 aromatic heterocycles. The van der Waals surface area contributed by atoms with Crippen molar-refractivity contribution in [2.45, 2.75) is 39.0 Å². The lowest BCUT2D eigenvalue weighted by atomic mass is 9.78. The van der Waals surface area contributed by atoms with Crippen molar-refractivity contribution in [3.8, 4) is 0 Å². The molecular formula is C13H17ClO2. The molecule has 1 N–H and O–H groups in total. The number of carbonyl (C=O) groups is 1. The van der Waals surface area contributed by atoms with E-state index in [0.717, 1.165) is 17.5 Å². The average Bonchev–Trinajstić information content (AvgIpc) is 2.15. The molecule has 88 valence electrons. The van der Waals surface area contributed by atoms with Crippen molar-refractivity contribution in [3.05, 3.63) is 34.3 Å². The molecule has 16 heavy (non-hydrogen) atoms. The summed E-state index contributed by atoms with van der Waals surface area (Å²) < 4.78 is 0. The van der Waals surface area contributed by atoms with E-state index in [4.69, 9.17) is 16.7 Å². The minimum Gasteiger partial charge on any atom is -0.481 e. The quantitative estimate of drug-likeness (QED) is 0.872. The predicted octanol–water partition coefficient (Wildman–Crippen LogP) is 3.65. The van der Waals surface area contributed by atoms with Gasteiger partial charge in [0.15, 0.2) is 0 Å². The van der Waals surface area contributed by atoms with E-state index in [1.54, 1.807) is 0 Å². The number of rotatable bonds is 4. The molecule has 0 saturated carbocycles. The van der Waals surface area contributed by atoms with Crippen LogP contribution in [-0.4, -0.2) is 11.1 Å². The number of hydrogen-bond donors (Lipinski definition) is 1. The molecule has 2 nitrogen and oxygen atoms in total. The van der Waals surface area contributed by atoms with Gasteiger partial charge in [-0.1, -0.05) is 38.4 Å². The topological polar surface area (TPSA) is 37.3 Å². The highest BCUT2D eigenvalue weighted by molar-refractivity contribution is 6.30. The Kier molecular flexibility index (Phi) is 3.98. The minimum absolute atomic E-state index is 0.111. The largest absolute Gasteiger partial charge is 0.481 e. The molecule has 1 aromatic carbocycles. The lowest BCUT2D eigenvalue weighted by Gasteiger charge is -2.26. The average molecular weight is 241 g/mol. The summed E-state index contributed by atoms with van der Waals surface area (Å²) in [6.45, 7) is 5.93. The van der Waals surface area contributed by atoms with Crippen LogP contribution >= 0.6 is 11.6 Å². The number of aliphatic carboxylic acids is 1. The zero-order chi connectivity index (χ0) is 12.3. The summed E-state index contributed by atoms with van der Waals surface area (Å²) >= 11 is 5.97. The van der Waals surface area contributed by atoms with Crippen LogP contribution < -0.4 is 0 Å². The Labute approximate surface area is 101 Å². The third-order valence-corrected chi connectivity index (χ3v) is 3.01. The maximum atomic E-state index is 10.8. The monoisotopic (exact) mass is 240 g/mol. The fraction of sp³-hybridized carbons (Fsp3) is 0.462. The van der Waals surface area contributed by atoms with Crippen molar-refractivity contribution in [1.29, 1.82) is 0 Å². The Morgan fingerprint density at radius 2 is 2.06 bits per heavy atom. The molecule has 3 heteroatoms. The van der Waals surface area contributed by atoms with E-state index >= 15 is 0 Å². The Balaban J connectivity index is 3.18. The molecule has 0 fully saturated rings. The van der Waals surface area contributed by atoms with Crippen molar-refractivity contribution in [3.63, 3.8) is 0 Å². The van der Waals surface area contributed by atoms with Crippen LogP contribution in [0.15, 0.2) is 18.2 Å². The van der Waals surface area contributed by atoms with Gasteiger partial charge in [0, 0.05) is 10.4 Å². The Hall–Kier alpha value is -1.02. The van der Waals surface area contributed by atoms with Gasteiger partial charge in [-0.2, -0.15) is 0 Å². The predicted molar refractivity (Wildman–Crippen MR) is 66.1 cm³/mol. The van der Waals surface area contributed by atoms with Crippen LogP contribution in [0.5, 0.6) is 0 Å². The summed E-state index contributed by atoms with van der Waals surface area (Å²) in [5, 5.41) is 9.57.